The summed E-state index contributed by atoms with van der Waals surface area (Å²) in [4.78, 5) is 4.31. The van der Waals surface area contributed by atoms with Crippen LogP contribution in [-0.4, -0.2) is 12.3 Å². The molecule has 0 radical (unpaired) electrons. The highest BCUT2D eigenvalue weighted by molar-refractivity contribution is 6.02. The van der Waals surface area contributed by atoms with Gasteiger partial charge in [0.05, 0.1) is 0 Å². The summed E-state index contributed by atoms with van der Waals surface area (Å²) >= 11 is 0. The second-order valence-electron chi connectivity index (χ2n) is 2.62. The predicted molar refractivity (Wildman–Crippen MR) is 29.6 cm³/mol. The molecule has 0 aromatic heterocycles. The summed E-state index contributed by atoms with van der Waals surface area (Å²) < 4.78 is 0. The molecule has 1 aliphatic carbocycles. The Morgan fingerprint density at radius 3 is 2.71 bits per heavy atom. The van der Waals surface area contributed by atoms with Crippen LogP contribution in [0.5, 0.6) is 0 Å². The van der Waals surface area contributed by atoms with Crippen molar-refractivity contribution in [3.05, 3.63) is 0 Å². The standard InChI is InChI=1S/C6H9N/c1-4-3-7-6-2-5(4)6/h4-5H,2-3H2,1H3/t4?,5-/m0/s1. The SMILES string of the molecule is CC1CN=C2C[C@H]21. The van der Waals surface area contributed by atoms with Gasteiger partial charge in [0.15, 0.2) is 0 Å². The van der Waals surface area contributed by atoms with E-state index in [1.165, 1.54) is 12.1 Å². The Labute approximate surface area is 43.4 Å². The monoisotopic (exact) mass is 95.1 g/mol. The average molecular weight is 95.1 g/mol. The smallest absolute Gasteiger partial charge is 0.0420 e. The lowest BCUT2D eigenvalue weighted by Gasteiger charge is -1.95. The molecule has 0 saturated heterocycles. The zero-order valence-corrected chi connectivity index (χ0v) is 4.52. The molecule has 7 heavy (non-hydrogen) atoms. The molecule has 0 N–H and O–H groups in total. The van der Waals surface area contributed by atoms with Crippen molar-refractivity contribution in [2.24, 2.45) is 16.8 Å². The zero-order chi connectivity index (χ0) is 4.85. The maximum Gasteiger partial charge on any atom is 0.0420 e. The molecule has 0 bridgehead atoms. The Morgan fingerprint density at radius 1 is 1.71 bits per heavy atom. The van der Waals surface area contributed by atoms with Gasteiger partial charge in [-0.2, -0.15) is 0 Å². The third kappa shape index (κ3) is 0.355. The van der Waals surface area contributed by atoms with Gasteiger partial charge in [0.2, 0.25) is 0 Å². The van der Waals surface area contributed by atoms with Crippen molar-refractivity contribution in [1.29, 1.82) is 0 Å². The number of rotatable bonds is 0. The Hall–Kier alpha value is -0.330. The van der Waals surface area contributed by atoms with Crippen LogP contribution < -0.4 is 0 Å². The summed E-state index contributed by atoms with van der Waals surface area (Å²) in [6.45, 7) is 3.40. The van der Waals surface area contributed by atoms with Crippen molar-refractivity contribution in [3.63, 3.8) is 0 Å². The third-order valence-electron chi connectivity index (χ3n) is 1.97. The van der Waals surface area contributed by atoms with E-state index in [9.17, 15) is 0 Å². The van der Waals surface area contributed by atoms with E-state index in [4.69, 9.17) is 0 Å². The van der Waals surface area contributed by atoms with Crippen LogP contribution in [0.4, 0.5) is 0 Å². The highest BCUT2D eigenvalue weighted by Crippen LogP contribution is 2.38. The van der Waals surface area contributed by atoms with E-state index < -0.39 is 0 Å². The number of nitrogens with zero attached hydrogens (tertiary/aromatic N) is 1. The van der Waals surface area contributed by atoms with E-state index >= 15 is 0 Å². The van der Waals surface area contributed by atoms with Gasteiger partial charge in [-0.1, -0.05) is 6.92 Å². The number of hydrogen-bond acceptors (Lipinski definition) is 1. The third-order valence-corrected chi connectivity index (χ3v) is 1.97. The fourth-order valence-corrected chi connectivity index (χ4v) is 1.27. The van der Waals surface area contributed by atoms with Gasteiger partial charge in [0.1, 0.15) is 0 Å². The molecular weight excluding hydrogens is 86.1 g/mol. The van der Waals surface area contributed by atoms with E-state index in [2.05, 4.69) is 11.9 Å². The molecule has 2 atom stereocenters. The molecule has 1 heterocycles. The average Bonchev–Trinajstić information content (AvgIpc) is 2.33. The van der Waals surface area contributed by atoms with Crippen molar-refractivity contribution in [1.82, 2.24) is 0 Å². The summed E-state index contributed by atoms with van der Waals surface area (Å²) in [6, 6.07) is 0. The quantitative estimate of drug-likeness (QED) is 0.427. The molecule has 0 amide bonds. The normalized spacial score (nSPS) is 45.6. The fraction of sp³-hybridized carbons (Fsp3) is 0.833. The van der Waals surface area contributed by atoms with Crippen LogP contribution in [0.15, 0.2) is 4.99 Å². The minimum Gasteiger partial charge on any atom is -0.293 e. The molecule has 1 aliphatic heterocycles. The van der Waals surface area contributed by atoms with Crippen LogP contribution in [-0.2, 0) is 0 Å². The Morgan fingerprint density at radius 2 is 2.57 bits per heavy atom. The minimum atomic E-state index is 0.884. The van der Waals surface area contributed by atoms with Gasteiger partial charge in [0, 0.05) is 18.2 Å². The Kier molecular flexibility index (Phi) is 0.473. The van der Waals surface area contributed by atoms with Crippen molar-refractivity contribution < 1.29 is 0 Å². The van der Waals surface area contributed by atoms with Crippen LogP contribution in [0.1, 0.15) is 13.3 Å². The van der Waals surface area contributed by atoms with E-state index in [1.54, 1.807) is 0 Å². The molecule has 2 rings (SSSR count). The lowest BCUT2D eigenvalue weighted by molar-refractivity contribution is 0.567. The second kappa shape index (κ2) is 0.908. The van der Waals surface area contributed by atoms with Gasteiger partial charge >= 0.3 is 0 Å². The van der Waals surface area contributed by atoms with Crippen molar-refractivity contribution in [3.8, 4) is 0 Å². The topological polar surface area (TPSA) is 12.4 Å². The van der Waals surface area contributed by atoms with Gasteiger partial charge < -0.3 is 0 Å². The predicted octanol–water partition coefficient (Wildman–Crippen LogP) is 1.10. The molecular formula is C6H9N. The van der Waals surface area contributed by atoms with E-state index in [-0.39, 0.29) is 0 Å². The molecule has 1 unspecified atom stereocenters. The lowest BCUT2D eigenvalue weighted by atomic mass is 10.1. The molecule has 0 aromatic carbocycles. The van der Waals surface area contributed by atoms with Gasteiger partial charge in [-0.25, -0.2) is 0 Å². The summed E-state index contributed by atoms with van der Waals surface area (Å²) in [5.41, 5.74) is 1.49. The molecule has 1 heteroatoms. The number of fused-ring (bicyclic) bond motifs is 1. The van der Waals surface area contributed by atoms with Crippen LogP contribution in [0.3, 0.4) is 0 Å². The number of aliphatic imine (C=N–C) groups is 1. The van der Waals surface area contributed by atoms with Crippen molar-refractivity contribution in [2.75, 3.05) is 6.54 Å². The van der Waals surface area contributed by atoms with E-state index in [1.807, 2.05) is 0 Å². The van der Waals surface area contributed by atoms with Gasteiger partial charge in [-0.15, -0.1) is 0 Å². The van der Waals surface area contributed by atoms with Crippen LogP contribution in [0, 0.1) is 11.8 Å². The summed E-state index contributed by atoms with van der Waals surface area (Å²) in [5.74, 6) is 1.81. The van der Waals surface area contributed by atoms with Gasteiger partial charge in [0.25, 0.3) is 0 Å². The molecule has 1 saturated carbocycles. The second-order valence-corrected chi connectivity index (χ2v) is 2.62. The highest BCUT2D eigenvalue weighted by atomic mass is 14.9. The summed E-state index contributed by atoms with van der Waals surface area (Å²) in [7, 11) is 0. The maximum atomic E-state index is 4.31. The Bertz CT molecular complexity index is 126. The fourth-order valence-electron chi connectivity index (χ4n) is 1.27. The summed E-state index contributed by atoms with van der Waals surface area (Å²) in [5, 5.41) is 0. The number of hydrogen-bond donors (Lipinski definition) is 0. The van der Waals surface area contributed by atoms with E-state index in [0.29, 0.717) is 0 Å². The molecule has 38 valence electrons. The Balaban J connectivity index is 2.23. The van der Waals surface area contributed by atoms with Gasteiger partial charge in [-0.3, -0.25) is 4.99 Å². The lowest BCUT2D eigenvalue weighted by Crippen LogP contribution is -1.95. The van der Waals surface area contributed by atoms with Crippen LogP contribution in [0.25, 0.3) is 0 Å². The first-order valence-corrected chi connectivity index (χ1v) is 2.91. The largest absolute Gasteiger partial charge is 0.293 e. The summed E-state index contributed by atoms with van der Waals surface area (Å²) in [6.07, 6.45) is 1.32. The first kappa shape index (κ1) is 3.65. The van der Waals surface area contributed by atoms with Crippen LogP contribution in [0.2, 0.25) is 0 Å². The maximum absolute atomic E-state index is 4.31. The molecule has 0 spiro atoms. The molecule has 0 aromatic rings. The highest BCUT2D eigenvalue weighted by Gasteiger charge is 2.40. The first-order valence-electron chi connectivity index (χ1n) is 2.91. The minimum absolute atomic E-state index is 0.884. The van der Waals surface area contributed by atoms with Crippen molar-refractivity contribution in [2.45, 2.75) is 13.3 Å². The molecule has 2 aliphatic rings. The molecule has 1 fully saturated rings. The van der Waals surface area contributed by atoms with Gasteiger partial charge in [-0.05, 0) is 12.3 Å². The zero-order valence-electron chi connectivity index (χ0n) is 4.52. The molecule has 1 nitrogen and oxygen atoms in total. The van der Waals surface area contributed by atoms with Crippen LogP contribution >= 0.6 is 0 Å². The van der Waals surface area contributed by atoms with Crippen molar-refractivity contribution >= 4 is 5.71 Å². The first-order chi connectivity index (χ1) is 3.38. The van der Waals surface area contributed by atoms with E-state index in [0.717, 1.165) is 18.4 Å².